The molecule has 11 heteroatoms. The molecule has 0 saturated carbocycles. The lowest BCUT2D eigenvalue weighted by atomic mass is 9.92. The second-order valence-corrected chi connectivity index (χ2v) is 8.68. The van der Waals surface area contributed by atoms with Gasteiger partial charge in [0.25, 0.3) is 5.91 Å². The van der Waals surface area contributed by atoms with Gasteiger partial charge in [0.1, 0.15) is 17.0 Å². The molecule has 11 nitrogen and oxygen atoms in total. The van der Waals surface area contributed by atoms with Gasteiger partial charge >= 0.3 is 0 Å². The highest BCUT2D eigenvalue weighted by Gasteiger charge is 2.53. The third-order valence-electron chi connectivity index (χ3n) is 6.59. The zero-order valence-corrected chi connectivity index (χ0v) is 20.3. The Morgan fingerprint density at radius 2 is 2.09 bits per heavy atom. The van der Waals surface area contributed by atoms with Crippen LogP contribution in [0.15, 0.2) is 36.9 Å². The van der Waals surface area contributed by atoms with Crippen LogP contribution in [-0.4, -0.2) is 78.6 Å². The number of imidazole rings is 1. The number of nitrogens with zero attached hydrogens (tertiary/aromatic N) is 6. The number of hydrogen-bond acceptors (Lipinski definition) is 9. The number of hydrogen-bond donors (Lipinski definition) is 1. The fourth-order valence-electron chi connectivity index (χ4n) is 4.61. The van der Waals surface area contributed by atoms with Crippen molar-refractivity contribution < 1.29 is 19.0 Å². The quantitative estimate of drug-likeness (QED) is 0.546. The predicted molar refractivity (Wildman–Crippen MR) is 131 cm³/mol. The van der Waals surface area contributed by atoms with E-state index in [-0.39, 0.29) is 5.91 Å². The number of rotatable bonds is 7. The fraction of sp³-hybridized carbons (Fsp3) is 0.417. The lowest BCUT2D eigenvalue weighted by molar-refractivity contribution is -0.124. The molecule has 1 saturated heterocycles. The summed E-state index contributed by atoms with van der Waals surface area (Å²) in [7, 11) is 5.14. The van der Waals surface area contributed by atoms with Crippen molar-refractivity contribution in [3.05, 3.63) is 42.6 Å². The fourth-order valence-corrected chi connectivity index (χ4v) is 4.61. The largest absolute Gasteiger partial charge is 0.494 e. The number of anilines is 4. The van der Waals surface area contributed by atoms with Gasteiger partial charge < -0.3 is 33.9 Å². The van der Waals surface area contributed by atoms with Gasteiger partial charge in [-0.25, -0.2) is 9.97 Å². The van der Waals surface area contributed by atoms with E-state index in [1.165, 1.54) is 0 Å². The number of benzene rings is 1. The third-order valence-corrected chi connectivity index (χ3v) is 6.59. The summed E-state index contributed by atoms with van der Waals surface area (Å²) in [5, 5.41) is 3.27. The normalized spacial score (nSPS) is 19.4. The second kappa shape index (κ2) is 9.16. The van der Waals surface area contributed by atoms with E-state index in [4.69, 9.17) is 19.2 Å². The Kier molecular flexibility index (Phi) is 6.03. The van der Waals surface area contributed by atoms with Gasteiger partial charge in [0, 0.05) is 51.7 Å². The molecule has 5 rings (SSSR count). The van der Waals surface area contributed by atoms with Crippen molar-refractivity contribution in [2.24, 2.45) is 0 Å². The standard InChI is InChI=1S/C24H29N7O4/c1-16-13-30(15-26-16)18-6-5-17(11-20(18)34-4)27-23-25-12-19-21(28-23)29(2)24(7-9-35-14-24)22(32)31(19)8-10-33-3/h5-6,11-13,15H,7-10,14H2,1-4H3,(H,25,27,28)/t24-/m1/s1. The van der Waals surface area contributed by atoms with Crippen molar-refractivity contribution in [2.75, 3.05) is 62.7 Å². The zero-order chi connectivity index (χ0) is 24.6. The van der Waals surface area contributed by atoms with E-state index in [1.807, 2.05) is 47.8 Å². The molecule has 3 aromatic rings. The van der Waals surface area contributed by atoms with Crippen LogP contribution in [0, 0.1) is 6.92 Å². The molecular weight excluding hydrogens is 450 g/mol. The maximum Gasteiger partial charge on any atom is 0.255 e. The number of amides is 1. The van der Waals surface area contributed by atoms with Crippen LogP contribution in [0.2, 0.25) is 0 Å². The molecule has 4 heterocycles. The Labute approximate surface area is 203 Å². The Balaban J connectivity index is 1.47. The van der Waals surface area contributed by atoms with Gasteiger partial charge in [0.05, 0.1) is 44.2 Å². The Bertz CT molecular complexity index is 1240. The molecule has 1 N–H and O–H groups in total. The van der Waals surface area contributed by atoms with Gasteiger partial charge in [0.2, 0.25) is 5.95 Å². The molecule has 1 fully saturated rings. The van der Waals surface area contributed by atoms with E-state index >= 15 is 0 Å². The van der Waals surface area contributed by atoms with Crippen LogP contribution in [0.25, 0.3) is 5.69 Å². The first kappa shape index (κ1) is 23.1. The van der Waals surface area contributed by atoms with Crippen LogP contribution in [0.4, 0.5) is 23.1 Å². The number of likely N-dealkylation sites (N-methyl/N-ethyl adjacent to an activating group) is 1. The zero-order valence-electron chi connectivity index (χ0n) is 20.3. The van der Waals surface area contributed by atoms with E-state index < -0.39 is 5.54 Å². The van der Waals surface area contributed by atoms with Gasteiger partial charge in [-0.3, -0.25) is 4.79 Å². The van der Waals surface area contributed by atoms with Crippen molar-refractivity contribution in [1.82, 2.24) is 19.5 Å². The van der Waals surface area contributed by atoms with E-state index in [9.17, 15) is 4.79 Å². The second-order valence-electron chi connectivity index (χ2n) is 8.68. The van der Waals surface area contributed by atoms with Crippen LogP contribution < -0.4 is 19.9 Å². The number of aryl methyl sites for hydroxylation is 1. The van der Waals surface area contributed by atoms with Gasteiger partial charge in [-0.1, -0.05) is 0 Å². The molecule has 35 heavy (non-hydrogen) atoms. The first-order valence-electron chi connectivity index (χ1n) is 11.4. The number of nitrogens with one attached hydrogen (secondary N) is 1. The number of fused-ring (bicyclic) bond motifs is 1. The SMILES string of the molecule is COCCN1C(=O)[C@]2(CCOC2)N(C)c2nc(Nc3ccc(-n4cnc(C)c4)c(OC)c3)ncc21. The van der Waals surface area contributed by atoms with Crippen LogP contribution in [0.3, 0.4) is 0 Å². The van der Waals surface area contributed by atoms with Gasteiger partial charge in [-0.2, -0.15) is 4.98 Å². The van der Waals surface area contributed by atoms with Crippen LogP contribution in [-0.2, 0) is 14.3 Å². The Morgan fingerprint density at radius 3 is 2.77 bits per heavy atom. The lowest BCUT2D eigenvalue weighted by Crippen LogP contribution is -2.63. The van der Waals surface area contributed by atoms with E-state index in [0.29, 0.717) is 56.0 Å². The summed E-state index contributed by atoms with van der Waals surface area (Å²) in [5.41, 5.74) is 2.44. The van der Waals surface area contributed by atoms with Crippen molar-refractivity contribution in [3.8, 4) is 11.4 Å². The average molecular weight is 480 g/mol. The number of carbonyl (C=O) groups excluding carboxylic acids is 1. The monoisotopic (exact) mass is 479 g/mol. The summed E-state index contributed by atoms with van der Waals surface area (Å²) >= 11 is 0. The summed E-state index contributed by atoms with van der Waals surface area (Å²) < 4.78 is 18.4. The Morgan fingerprint density at radius 1 is 1.23 bits per heavy atom. The predicted octanol–water partition coefficient (Wildman–Crippen LogP) is 2.31. The highest BCUT2D eigenvalue weighted by Crippen LogP contribution is 2.42. The number of aromatic nitrogens is 4. The van der Waals surface area contributed by atoms with Gasteiger partial charge in [-0.05, 0) is 19.1 Å². The molecule has 2 aromatic heterocycles. The summed E-state index contributed by atoms with van der Waals surface area (Å²) in [5.74, 6) is 1.75. The molecule has 2 aliphatic heterocycles. The minimum absolute atomic E-state index is 0.0126. The highest BCUT2D eigenvalue weighted by molar-refractivity contribution is 6.08. The van der Waals surface area contributed by atoms with Crippen LogP contribution in [0.5, 0.6) is 5.75 Å². The van der Waals surface area contributed by atoms with Crippen molar-refractivity contribution in [1.29, 1.82) is 0 Å². The molecule has 0 unspecified atom stereocenters. The molecule has 1 atom stereocenters. The topological polar surface area (TPSA) is 107 Å². The summed E-state index contributed by atoms with van der Waals surface area (Å²) in [6, 6.07) is 5.77. The minimum atomic E-state index is -0.778. The number of ether oxygens (including phenoxy) is 3. The maximum absolute atomic E-state index is 13.5. The smallest absolute Gasteiger partial charge is 0.255 e. The summed E-state index contributed by atoms with van der Waals surface area (Å²) in [4.78, 5) is 30.7. The van der Waals surface area contributed by atoms with Crippen molar-refractivity contribution in [2.45, 2.75) is 18.9 Å². The molecule has 184 valence electrons. The molecular formula is C24H29N7O4. The molecule has 1 aromatic carbocycles. The van der Waals surface area contributed by atoms with Crippen LogP contribution >= 0.6 is 0 Å². The average Bonchev–Trinajstić information content (AvgIpc) is 3.53. The first-order chi connectivity index (χ1) is 17.0. The molecule has 2 aliphatic rings. The van der Waals surface area contributed by atoms with Crippen LogP contribution in [0.1, 0.15) is 12.1 Å². The van der Waals surface area contributed by atoms with E-state index in [2.05, 4.69) is 15.3 Å². The molecule has 1 amide bonds. The van der Waals surface area contributed by atoms with Gasteiger partial charge in [0.15, 0.2) is 5.82 Å². The third kappa shape index (κ3) is 3.96. The number of carbonyl (C=O) groups is 1. The summed E-state index contributed by atoms with van der Waals surface area (Å²) in [6.07, 6.45) is 5.97. The lowest BCUT2D eigenvalue weighted by Gasteiger charge is -2.46. The Hall–Kier alpha value is -3.70. The van der Waals surface area contributed by atoms with Crippen molar-refractivity contribution >= 4 is 29.0 Å². The molecule has 0 radical (unpaired) electrons. The van der Waals surface area contributed by atoms with E-state index in [1.54, 1.807) is 31.6 Å². The highest BCUT2D eigenvalue weighted by atomic mass is 16.5. The molecule has 0 bridgehead atoms. The van der Waals surface area contributed by atoms with E-state index in [0.717, 1.165) is 17.1 Å². The maximum atomic E-state index is 13.5. The number of methoxy groups -OCH3 is 2. The minimum Gasteiger partial charge on any atom is -0.494 e. The van der Waals surface area contributed by atoms with Crippen molar-refractivity contribution in [3.63, 3.8) is 0 Å². The first-order valence-corrected chi connectivity index (χ1v) is 11.4. The van der Waals surface area contributed by atoms with Gasteiger partial charge in [-0.15, -0.1) is 0 Å². The molecule has 1 spiro atoms. The summed E-state index contributed by atoms with van der Waals surface area (Å²) in [6.45, 7) is 3.62. The molecule has 0 aliphatic carbocycles.